The number of carbonyl (C=O) groups is 1. The molecule has 0 N–H and O–H groups in total. The fourth-order valence-corrected chi connectivity index (χ4v) is 4.92. The van der Waals surface area contributed by atoms with E-state index in [0.29, 0.717) is 30.2 Å². The minimum Gasteiger partial charge on any atom is -0.462 e. The summed E-state index contributed by atoms with van der Waals surface area (Å²) in [7, 11) is -3.60. The zero-order valence-electron chi connectivity index (χ0n) is 16.4. The number of esters is 1. The lowest BCUT2D eigenvalue weighted by Crippen LogP contribution is -2.35. The molecule has 0 aromatic heterocycles. The largest absolute Gasteiger partial charge is 0.462 e. The van der Waals surface area contributed by atoms with Gasteiger partial charge in [0.05, 0.1) is 17.1 Å². The number of hydrogen-bond donors (Lipinski definition) is 0. The molecule has 0 amide bonds. The molecule has 2 aromatic carbocycles. The van der Waals surface area contributed by atoms with E-state index in [4.69, 9.17) is 16.3 Å². The van der Waals surface area contributed by atoms with Gasteiger partial charge in [-0.05, 0) is 61.9 Å². The first-order valence-corrected chi connectivity index (χ1v) is 11.5. The molecule has 1 aliphatic heterocycles. The average Bonchev–Trinajstić information content (AvgIpc) is 2.96. The topological polar surface area (TPSA) is 66.9 Å². The molecule has 1 heterocycles. The van der Waals surface area contributed by atoms with Crippen LogP contribution in [0.2, 0.25) is 5.02 Å². The van der Waals surface area contributed by atoms with Crippen LogP contribution in [0.15, 0.2) is 53.4 Å². The Kier molecular flexibility index (Phi) is 7.29. The zero-order chi connectivity index (χ0) is 20.9. The summed E-state index contributed by atoms with van der Waals surface area (Å²) in [6.45, 7) is 5.15. The Hall–Kier alpha value is -1.93. The molecule has 0 spiro atoms. The first-order valence-electron chi connectivity index (χ1n) is 9.64. The van der Waals surface area contributed by atoms with Crippen molar-refractivity contribution >= 4 is 27.6 Å². The van der Waals surface area contributed by atoms with E-state index < -0.39 is 16.0 Å². The Morgan fingerprint density at radius 1 is 1.00 bits per heavy atom. The molecular weight excluding hydrogens is 412 g/mol. The number of hydrogen-bond acceptors (Lipinski definition) is 5. The van der Waals surface area contributed by atoms with Crippen LogP contribution in [0.4, 0.5) is 0 Å². The first kappa shape index (κ1) is 21.8. The van der Waals surface area contributed by atoms with Crippen molar-refractivity contribution < 1.29 is 17.9 Å². The van der Waals surface area contributed by atoms with E-state index in [1.54, 1.807) is 6.92 Å². The van der Waals surface area contributed by atoms with Crippen LogP contribution in [-0.4, -0.2) is 56.4 Å². The van der Waals surface area contributed by atoms with Crippen molar-refractivity contribution in [2.75, 3.05) is 32.8 Å². The number of sulfonamides is 1. The van der Waals surface area contributed by atoms with Crippen LogP contribution >= 0.6 is 11.6 Å². The molecule has 1 aliphatic rings. The van der Waals surface area contributed by atoms with E-state index in [2.05, 4.69) is 4.90 Å². The van der Waals surface area contributed by atoms with E-state index in [9.17, 15) is 13.2 Å². The normalized spacial score (nSPS) is 16.3. The molecule has 156 valence electrons. The van der Waals surface area contributed by atoms with Crippen LogP contribution in [0, 0.1) is 0 Å². The number of benzene rings is 2. The molecule has 29 heavy (non-hydrogen) atoms. The summed E-state index contributed by atoms with van der Waals surface area (Å²) in [6.07, 6.45) is 0.758. The molecule has 2 aromatic rings. The average molecular weight is 437 g/mol. The highest BCUT2D eigenvalue weighted by Gasteiger charge is 2.27. The lowest BCUT2D eigenvalue weighted by molar-refractivity contribution is 0.0526. The standard InChI is InChI=1S/C21H25ClN2O4S/c1-2-28-21(25)18-6-10-20(11-7-18)29(26,27)24-13-3-12-23(14-15-24)16-17-4-8-19(22)9-5-17/h4-11H,2-3,12-16H2,1H3. The van der Waals surface area contributed by atoms with Gasteiger partial charge in [-0.2, -0.15) is 4.31 Å². The van der Waals surface area contributed by atoms with Crippen LogP contribution in [0.5, 0.6) is 0 Å². The van der Waals surface area contributed by atoms with Gasteiger partial charge < -0.3 is 4.74 Å². The lowest BCUT2D eigenvalue weighted by atomic mass is 10.2. The summed E-state index contributed by atoms with van der Waals surface area (Å²) in [6, 6.07) is 13.7. The van der Waals surface area contributed by atoms with Gasteiger partial charge in [-0.15, -0.1) is 0 Å². The molecule has 0 aliphatic carbocycles. The van der Waals surface area contributed by atoms with Crippen molar-refractivity contribution in [3.8, 4) is 0 Å². The summed E-state index contributed by atoms with van der Waals surface area (Å²) < 4.78 is 32.5. The summed E-state index contributed by atoms with van der Waals surface area (Å²) in [5.41, 5.74) is 1.50. The van der Waals surface area contributed by atoms with Crippen LogP contribution in [0.3, 0.4) is 0 Å². The molecule has 6 nitrogen and oxygen atoms in total. The molecule has 1 fully saturated rings. The van der Waals surface area contributed by atoms with E-state index in [-0.39, 0.29) is 11.5 Å². The van der Waals surface area contributed by atoms with Crippen LogP contribution in [0.25, 0.3) is 0 Å². The third-order valence-corrected chi connectivity index (χ3v) is 7.03. The maximum atomic E-state index is 13.0. The minimum atomic E-state index is -3.60. The van der Waals surface area contributed by atoms with Crippen molar-refractivity contribution in [2.24, 2.45) is 0 Å². The number of ether oxygens (including phenoxy) is 1. The predicted molar refractivity (Wildman–Crippen MR) is 113 cm³/mol. The highest BCUT2D eigenvalue weighted by molar-refractivity contribution is 7.89. The molecule has 0 unspecified atom stereocenters. The highest BCUT2D eigenvalue weighted by atomic mass is 35.5. The molecule has 0 radical (unpaired) electrons. The van der Waals surface area contributed by atoms with Crippen molar-refractivity contribution in [1.82, 2.24) is 9.21 Å². The van der Waals surface area contributed by atoms with Crippen LogP contribution in [0.1, 0.15) is 29.3 Å². The van der Waals surface area contributed by atoms with Crippen LogP contribution in [-0.2, 0) is 21.3 Å². The Labute approximate surface area is 177 Å². The first-order chi connectivity index (χ1) is 13.9. The second-order valence-electron chi connectivity index (χ2n) is 6.91. The molecular formula is C21H25ClN2O4S. The highest BCUT2D eigenvalue weighted by Crippen LogP contribution is 2.20. The monoisotopic (exact) mass is 436 g/mol. The van der Waals surface area contributed by atoms with Gasteiger partial charge >= 0.3 is 5.97 Å². The van der Waals surface area contributed by atoms with Crippen LogP contribution < -0.4 is 0 Å². The zero-order valence-corrected chi connectivity index (χ0v) is 18.0. The summed E-state index contributed by atoms with van der Waals surface area (Å²) >= 11 is 5.94. The van der Waals surface area contributed by atoms with Crippen molar-refractivity contribution in [3.05, 3.63) is 64.7 Å². The third-order valence-electron chi connectivity index (χ3n) is 4.87. The maximum Gasteiger partial charge on any atom is 0.338 e. The SMILES string of the molecule is CCOC(=O)c1ccc(S(=O)(=O)N2CCCN(Cc3ccc(Cl)cc3)CC2)cc1. The summed E-state index contributed by atoms with van der Waals surface area (Å²) in [5.74, 6) is -0.455. The Balaban J connectivity index is 1.65. The molecule has 0 bridgehead atoms. The second-order valence-corrected chi connectivity index (χ2v) is 9.28. The van der Waals surface area contributed by atoms with Gasteiger partial charge in [0.2, 0.25) is 10.0 Å². The van der Waals surface area contributed by atoms with Crippen molar-refractivity contribution in [1.29, 1.82) is 0 Å². The summed E-state index contributed by atoms with van der Waals surface area (Å²) in [4.78, 5) is 14.2. The fraction of sp³-hybridized carbons (Fsp3) is 0.381. The fourth-order valence-electron chi connectivity index (χ4n) is 3.32. The minimum absolute atomic E-state index is 0.191. The van der Waals surface area contributed by atoms with E-state index in [1.807, 2.05) is 24.3 Å². The molecule has 0 atom stereocenters. The van der Waals surface area contributed by atoms with Gasteiger partial charge in [0.15, 0.2) is 0 Å². The van der Waals surface area contributed by atoms with Gasteiger partial charge in [-0.25, -0.2) is 13.2 Å². The molecule has 3 rings (SSSR count). The quantitative estimate of drug-likeness (QED) is 0.649. The maximum absolute atomic E-state index is 13.0. The molecule has 1 saturated heterocycles. The van der Waals surface area contributed by atoms with Gasteiger partial charge in [-0.1, -0.05) is 23.7 Å². The number of nitrogens with zero attached hydrogens (tertiary/aromatic N) is 2. The Morgan fingerprint density at radius 3 is 2.34 bits per heavy atom. The van der Waals surface area contributed by atoms with Crippen molar-refractivity contribution in [3.63, 3.8) is 0 Å². The van der Waals surface area contributed by atoms with E-state index in [1.165, 1.54) is 28.6 Å². The number of carbonyl (C=O) groups excluding carboxylic acids is 1. The molecule has 8 heteroatoms. The van der Waals surface area contributed by atoms with Gasteiger partial charge in [0.1, 0.15) is 0 Å². The number of rotatable bonds is 6. The van der Waals surface area contributed by atoms with Gasteiger partial charge in [-0.3, -0.25) is 4.90 Å². The third kappa shape index (κ3) is 5.57. The second kappa shape index (κ2) is 9.71. The van der Waals surface area contributed by atoms with Gasteiger partial charge in [0.25, 0.3) is 0 Å². The predicted octanol–water partition coefficient (Wildman–Crippen LogP) is 3.41. The van der Waals surface area contributed by atoms with E-state index >= 15 is 0 Å². The Morgan fingerprint density at radius 2 is 1.69 bits per heavy atom. The number of halogens is 1. The summed E-state index contributed by atoms with van der Waals surface area (Å²) in [5, 5.41) is 0.705. The van der Waals surface area contributed by atoms with Gasteiger partial charge in [0, 0.05) is 31.2 Å². The van der Waals surface area contributed by atoms with E-state index in [0.717, 1.165) is 25.1 Å². The smallest absolute Gasteiger partial charge is 0.338 e. The Bertz CT molecular complexity index is 930. The molecule has 0 saturated carbocycles. The lowest BCUT2D eigenvalue weighted by Gasteiger charge is -2.22. The van der Waals surface area contributed by atoms with Crippen molar-refractivity contribution in [2.45, 2.75) is 24.8 Å².